The summed E-state index contributed by atoms with van der Waals surface area (Å²) < 4.78 is 18.8. The molecule has 1 nitrogen and oxygen atoms in total. The van der Waals surface area contributed by atoms with Crippen LogP contribution in [0.3, 0.4) is 0 Å². The van der Waals surface area contributed by atoms with Gasteiger partial charge in [-0.05, 0) is 29.8 Å². The number of rotatable bonds is 1. The number of hydrogen-bond acceptors (Lipinski definition) is 1. The summed E-state index contributed by atoms with van der Waals surface area (Å²) in [6.45, 7) is 0. The summed E-state index contributed by atoms with van der Waals surface area (Å²) in [5.74, 6) is 0.484. The van der Waals surface area contributed by atoms with E-state index in [1.807, 2.05) is 42.5 Å². The summed E-state index contributed by atoms with van der Waals surface area (Å²) in [5.41, 5.74) is 1.89. The third kappa shape index (κ3) is 1.94. The summed E-state index contributed by atoms with van der Waals surface area (Å²) in [7, 11) is 0. The van der Waals surface area contributed by atoms with Crippen molar-refractivity contribution in [1.82, 2.24) is 0 Å². The second-order valence-electron chi connectivity index (χ2n) is 3.99. The van der Waals surface area contributed by atoms with E-state index in [-0.39, 0.29) is 11.9 Å². The van der Waals surface area contributed by atoms with Crippen LogP contribution in [0, 0.1) is 5.82 Å². The third-order valence-electron chi connectivity index (χ3n) is 2.80. The van der Waals surface area contributed by atoms with E-state index in [9.17, 15) is 4.39 Å². The largest absolute Gasteiger partial charge is 0.481 e. The molecule has 2 heteroatoms. The first-order chi connectivity index (χ1) is 8.33. The molecule has 1 heterocycles. The molecule has 2 aromatic carbocycles. The van der Waals surface area contributed by atoms with E-state index < -0.39 is 0 Å². The molecule has 0 radical (unpaired) electrons. The van der Waals surface area contributed by atoms with Gasteiger partial charge in [0.25, 0.3) is 0 Å². The highest BCUT2D eigenvalue weighted by atomic mass is 19.1. The quantitative estimate of drug-likeness (QED) is 0.714. The Morgan fingerprint density at radius 3 is 2.65 bits per heavy atom. The van der Waals surface area contributed by atoms with Gasteiger partial charge in [0.2, 0.25) is 0 Å². The van der Waals surface area contributed by atoms with E-state index in [4.69, 9.17) is 4.74 Å². The van der Waals surface area contributed by atoms with Gasteiger partial charge in [-0.2, -0.15) is 0 Å². The highest BCUT2D eigenvalue weighted by molar-refractivity contribution is 5.60. The smallest absolute Gasteiger partial charge is 0.142 e. The Hall–Kier alpha value is -2.09. The molecule has 0 aromatic heterocycles. The second-order valence-corrected chi connectivity index (χ2v) is 3.99. The van der Waals surface area contributed by atoms with Gasteiger partial charge >= 0.3 is 0 Å². The van der Waals surface area contributed by atoms with Crippen molar-refractivity contribution in [2.45, 2.75) is 6.10 Å². The molecule has 2 aromatic rings. The van der Waals surface area contributed by atoms with E-state index in [0.29, 0.717) is 0 Å². The lowest BCUT2D eigenvalue weighted by atomic mass is 10.0. The lowest BCUT2D eigenvalue weighted by Gasteiger charge is -2.21. The summed E-state index contributed by atoms with van der Waals surface area (Å²) in [6.07, 6.45) is 3.76. The maximum atomic E-state index is 13.0. The van der Waals surface area contributed by atoms with Gasteiger partial charge in [-0.15, -0.1) is 0 Å². The van der Waals surface area contributed by atoms with Crippen LogP contribution in [0.2, 0.25) is 0 Å². The van der Waals surface area contributed by atoms with Crippen LogP contribution >= 0.6 is 0 Å². The third-order valence-corrected chi connectivity index (χ3v) is 2.80. The van der Waals surface area contributed by atoms with E-state index >= 15 is 0 Å². The molecule has 0 N–H and O–H groups in total. The van der Waals surface area contributed by atoms with Gasteiger partial charge < -0.3 is 4.74 Å². The van der Waals surface area contributed by atoms with Crippen LogP contribution in [-0.4, -0.2) is 0 Å². The van der Waals surface area contributed by atoms with E-state index in [0.717, 1.165) is 16.9 Å². The molecular weight excluding hydrogens is 215 g/mol. The Morgan fingerprint density at radius 1 is 1.00 bits per heavy atom. The predicted molar refractivity (Wildman–Crippen MR) is 65.2 cm³/mol. The lowest BCUT2D eigenvalue weighted by molar-refractivity contribution is 0.251. The Balaban J connectivity index is 1.94. The van der Waals surface area contributed by atoms with E-state index in [1.165, 1.54) is 12.1 Å². The zero-order valence-electron chi connectivity index (χ0n) is 9.14. The van der Waals surface area contributed by atoms with Gasteiger partial charge in [-0.1, -0.05) is 36.4 Å². The Labute approximate surface area is 99.2 Å². The van der Waals surface area contributed by atoms with Crippen LogP contribution in [0.5, 0.6) is 5.75 Å². The first-order valence-corrected chi connectivity index (χ1v) is 5.52. The number of benzene rings is 2. The van der Waals surface area contributed by atoms with Gasteiger partial charge in [0.15, 0.2) is 0 Å². The molecule has 0 amide bonds. The van der Waals surface area contributed by atoms with Crippen molar-refractivity contribution < 1.29 is 9.13 Å². The Bertz CT molecular complexity index is 560. The molecule has 3 rings (SSSR count). The summed E-state index contributed by atoms with van der Waals surface area (Å²) in [6, 6.07) is 14.5. The summed E-state index contributed by atoms with van der Waals surface area (Å²) in [4.78, 5) is 0. The molecule has 1 atom stereocenters. The molecule has 0 saturated heterocycles. The normalized spacial score (nSPS) is 17.4. The molecule has 84 valence electrons. The average Bonchev–Trinajstić information content (AvgIpc) is 2.39. The lowest BCUT2D eigenvalue weighted by Crippen LogP contribution is -2.08. The van der Waals surface area contributed by atoms with Crippen molar-refractivity contribution in [2.24, 2.45) is 0 Å². The number of hydrogen-bond donors (Lipinski definition) is 0. The zero-order chi connectivity index (χ0) is 11.7. The number of halogens is 1. The SMILES string of the molecule is Fc1ccc2c(c1)C=C[C@@H](c1ccccc1)O2. The minimum absolute atomic E-state index is 0.0887. The number of fused-ring (bicyclic) bond motifs is 1. The fourth-order valence-corrected chi connectivity index (χ4v) is 1.95. The first kappa shape index (κ1) is 10.1. The molecule has 0 spiro atoms. The van der Waals surface area contributed by atoms with Crippen LogP contribution in [-0.2, 0) is 0 Å². The van der Waals surface area contributed by atoms with Gasteiger partial charge in [-0.3, -0.25) is 0 Å². The van der Waals surface area contributed by atoms with Crippen molar-refractivity contribution in [3.05, 3.63) is 71.6 Å². The van der Waals surface area contributed by atoms with Crippen LogP contribution in [0.4, 0.5) is 4.39 Å². The molecule has 0 fully saturated rings. The standard InChI is InChI=1S/C15H11FO/c16-13-7-9-15-12(10-13)6-8-14(17-15)11-4-2-1-3-5-11/h1-10,14H/t14-/m0/s1. The highest BCUT2D eigenvalue weighted by Crippen LogP contribution is 2.32. The Morgan fingerprint density at radius 2 is 1.82 bits per heavy atom. The van der Waals surface area contributed by atoms with Crippen molar-refractivity contribution in [2.75, 3.05) is 0 Å². The fourth-order valence-electron chi connectivity index (χ4n) is 1.95. The molecular formula is C15H11FO. The maximum absolute atomic E-state index is 13.0. The zero-order valence-corrected chi connectivity index (χ0v) is 9.14. The van der Waals surface area contributed by atoms with Crippen LogP contribution in [0.25, 0.3) is 6.08 Å². The average molecular weight is 226 g/mol. The maximum Gasteiger partial charge on any atom is 0.142 e. The Kier molecular flexibility index (Phi) is 2.41. The number of ether oxygens (including phenoxy) is 1. The van der Waals surface area contributed by atoms with Gasteiger partial charge in [0.05, 0.1) is 0 Å². The van der Waals surface area contributed by atoms with Crippen molar-refractivity contribution >= 4 is 6.08 Å². The fraction of sp³-hybridized carbons (Fsp3) is 0.0667. The van der Waals surface area contributed by atoms with Crippen LogP contribution in [0.1, 0.15) is 17.2 Å². The van der Waals surface area contributed by atoms with Crippen molar-refractivity contribution in [3.63, 3.8) is 0 Å². The topological polar surface area (TPSA) is 9.23 Å². The van der Waals surface area contributed by atoms with Gasteiger partial charge in [0, 0.05) is 5.56 Å². The van der Waals surface area contributed by atoms with E-state index in [2.05, 4.69) is 0 Å². The molecule has 0 bridgehead atoms. The molecule has 1 aliphatic heterocycles. The molecule has 0 unspecified atom stereocenters. The highest BCUT2D eigenvalue weighted by Gasteiger charge is 2.16. The molecule has 0 aliphatic carbocycles. The minimum atomic E-state index is -0.241. The monoisotopic (exact) mass is 226 g/mol. The second kappa shape index (κ2) is 4.06. The first-order valence-electron chi connectivity index (χ1n) is 5.52. The molecule has 1 aliphatic rings. The van der Waals surface area contributed by atoms with E-state index in [1.54, 1.807) is 6.07 Å². The van der Waals surface area contributed by atoms with Crippen molar-refractivity contribution in [1.29, 1.82) is 0 Å². The van der Waals surface area contributed by atoms with Crippen LogP contribution in [0.15, 0.2) is 54.6 Å². The summed E-state index contributed by atoms with van der Waals surface area (Å²) in [5, 5.41) is 0. The molecule has 17 heavy (non-hydrogen) atoms. The molecule has 0 saturated carbocycles. The predicted octanol–water partition coefficient (Wildman–Crippen LogP) is 3.97. The summed E-state index contributed by atoms with van der Waals surface area (Å²) >= 11 is 0. The van der Waals surface area contributed by atoms with Gasteiger partial charge in [0.1, 0.15) is 17.7 Å². The van der Waals surface area contributed by atoms with Gasteiger partial charge in [-0.25, -0.2) is 4.39 Å². The van der Waals surface area contributed by atoms with Crippen molar-refractivity contribution in [3.8, 4) is 5.75 Å². The minimum Gasteiger partial charge on any atom is -0.481 e. The van der Waals surface area contributed by atoms with Crippen LogP contribution < -0.4 is 4.74 Å².